The van der Waals surface area contributed by atoms with E-state index in [1.54, 1.807) is 23.6 Å². The van der Waals surface area contributed by atoms with Gasteiger partial charge in [0.25, 0.3) is 5.56 Å². The molecule has 2 heterocycles. The summed E-state index contributed by atoms with van der Waals surface area (Å²) < 4.78 is 5.91. The smallest absolute Gasteiger partial charge is 0.350 e. The molecule has 0 radical (unpaired) electrons. The number of nitrogens with one attached hydrogen (secondary N) is 1. The number of amides is 1. The molecule has 0 aliphatic rings. The van der Waals surface area contributed by atoms with Gasteiger partial charge in [0.1, 0.15) is 11.4 Å². The average Bonchev–Trinajstić information content (AvgIpc) is 3.05. The molecule has 128 valence electrons. The summed E-state index contributed by atoms with van der Waals surface area (Å²) in [6, 6.07) is 6.94. The first-order chi connectivity index (χ1) is 12.0. The molecule has 0 bridgehead atoms. The summed E-state index contributed by atoms with van der Waals surface area (Å²) >= 11 is 1.17. The van der Waals surface area contributed by atoms with Crippen molar-refractivity contribution in [2.24, 2.45) is 0 Å². The number of hydrogen-bond acceptors (Lipinski definition) is 6. The maximum atomic E-state index is 12.5. The summed E-state index contributed by atoms with van der Waals surface area (Å²) in [7, 11) is 1.27. The highest BCUT2D eigenvalue weighted by atomic mass is 32.1. The monoisotopic (exact) mass is 357 g/mol. The number of carbonyl (C=O) groups excluding carboxylic acids is 2. The number of nitrogens with zero attached hydrogens (tertiary/aromatic N) is 2. The number of methoxy groups -OCH3 is 1. The lowest BCUT2D eigenvalue weighted by Crippen LogP contribution is -2.28. The van der Waals surface area contributed by atoms with Gasteiger partial charge in [-0.15, -0.1) is 11.3 Å². The predicted molar refractivity (Wildman–Crippen MR) is 95.0 cm³/mol. The third kappa shape index (κ3) is 3.29. The quantitative estimate of drug-likeness (QED) is 0.723. The molecule has 1 amide bonds. The lowest BCUT2D eigenvalue weighted by atomic mass is 10.1. The van der Waals surface area contributed by atoms with Gasteiger partial charge in [-0.3, -0.25) is 14.2 Å². The van der Waals surface area contributed by atoms with E-state index in [2.05, 4.69) is 15.0 Å². The van der Waals surface area contributed by atoms with Gasteiger partial charge in [0.05, 0.1) is 30.0 Å². The Balaban J connectivity index is 1.84. The molecular weight excluding hydrogens is 342 g/mol. The minimum atomic E-state index is -0.523. The first kappa shape index (κ1) is 16.8. The van der Waals surface area contributed by atoms with Crippen LogP contribution in [0.15, 0.2) is 40.8 Å². The van der Waals surface area contributed by atoms with Crippen molar-refractivity contribution in [2.45, 2.75) is 13.5 Å². The Morgan fingerprint density at radius 2 is 2.12 bits per heavy atom. The largest absolute Gasteiger partial charge is 0.465 e. The summed E-state index contributed by atoms with van der Waals surface area (Å²) in [4.78, 5) is 41.0. The van der Waals surface area contributed by atoms with E-state index in [1.165, 1.54) is 29.3 Å². The first-order valence-electron chi connectivity index (χ1n) is 7.41. The number of aryl methyl sites for hydroxylation is 1. The number of esters is 1. The SMILES string of the molecule is COC(=O)c1sccc1NC(=O)Cn1cnc2c(C)cccc2c1=O. The number of carbonyl (C=O) groups is 2. The van der Waals surface area contributed by atoms with E-state index < -0.39 is 11.9 Å². The van der Waals surface area contributed by atoms with E-state index in [1.807, 2.05) is 13.0 Å². The molecule has 3 rings (SSSR count). The van der Waals surface area contributed by atoms with E-state index in [0.717, 1.165) is 5.56 Å². The van der Waals surface area contributed by atoms with Gasteiger partial charge in [-0.1, -0.05) is 12.1 Å². The van der Waals surface area contributed by atoms with Gasteiger partial charge in [-0.2, -0.15) is 0 Å². The summed E-state index contributed by atoms with van der Waals surface area (Å²) in [5, 5.41) is 4.76. The van der Waals surface area contributed by atoms with Gasteiger partial charge in [0.15, 0.2) is 0 Å². The van der Waals surface area contributed by atoms with Crippen LogP contribution < -0.4 is 10.9 Å². The lowest BCUT2D eigenvalue weighted by Gasteiger charge is -2.09. The Kier molecular flexibility index (Phi) is 4.62. The van der Waals surface area contributed by atoms with E-state index in [-0.39, 0.29) is 12.1 Å². The van der Waals surface area contributed by atoms with E-state index in [4.69, 9.17) is 0 Å². The van der Waals surface area contributed by atoms with Crippen LogP contribution in [0, 0.1) is 6.92 Å². The summed E-state index contributed by atoms with van der Waals surface area (Å²) in [6.07, 6.45) is 1.35. The predicted octanol–water partition coefficient (Wildman–Crippen LogP) is 2.19. The molecular formula is C17H15N3O4S. The van der Waals surface area contributed by atoms with Crippen molar-refractivity contribution in [3.8, 4) is 0 Å². The van der Waals surface area contributed by atoms with E-state index in [0.29, 0.717) is 21.5 Å². The fourth-order valence-corrected chi connectivity index (χ4v) is 3.22. The molecule has 0 aliphatic heterocycles. The van der Waals surface area contributed by atoms with Crippen LogP contribution in [0.1, 0.15) is 15.2 Å². The third-order valence-corrected chi connectivity index (χ3v) is 4.57. The molecule has 1 aromatic carbocycles. The van der Waals surface area contributed by atoms with Gasteiger partial charge in [-0.05, 0) is 30.0 Å². The second-order valence-electron chi connectivity index (χ2n) is 5.35. The van der Waals surface area contributed by atoms with Crippen LogP contribution in [-0.4, -0.2) is 28.5 Å². The zero-order chi connectivity index (χ0) is 18.0. The number of benzene rings is 1. The molecule has 0 saturated carbocycles. The van der Waals surface area contributed by atoms with Crippen molar-refractivity contribution >= 4 is 39.8 Å². The molecule has 25 heavy (non-hydrogen) atoms. The number of rotatable bonds is 4. The minimum Gasteiger partial charge on any atom is -0.465 e. The van der Waals surface area contributed by atoms with Crippen molar-refractivity contribution in [3.63, 3.8) is 0 Å². The van der Waals surface area contributed by atoms with Crippen LogP contribution in [-0.2, 0) is 16.1 Å². The maximum Gasteiger partial charge on any atom is 0.350 e. The number of thiophene rings is 1. The molecule has 7 nitrogen and oxygen atoms in total. The molecule has 3 aromatic rings. The normalized spacial score (nSPS) is 10.6. The Hall–Kier alpha value is -3.00. The van der Waals surface area contributed by atoms with Crippen LogP contribution in [0.5, 0.6) is 0 Å². The number of ether oxygens (including phenoxy) is 1. The second kappa shape index (κ2) is 6.86. The summed E-state index contributed by atoms with van der Waals surface area (Å²) in [5.74, 6) is -0.954. The zero-order valence-corrected chi connectivity index (χ0v) is 14.4. The van der Waals surface area contributed by atoms with Crippen LogP contribution >= 0.6 is 11.3 Å². The van der Waals surface area contributed by atoms with Crippen LogP contribution in [0.25, 0.3) is 10.9 Å². The second-order valence-corrected chi connectivity index (χ2v) is 6.27. The first-order valence-corrected chi connectivity index (χ1v) is 8.29. The molecule has 8 heteroatoms. The Morgan fingerprint density at radius 3 is 2.88 bits per heavy atom. The van der Waals surface area contributed by atoms with Gasteiger partial charge in [-0.25, -0.2) is 9.78 Å². The number of para-hydroxylation sites is 1. The van der Waals surface area contributed by atoms with Crippen LogP contribution in [0.2, 0.25) is 0 Å². The Labute approximate surface area is 146 Å². The van der Waals surface area contributed by atoms with Gasteiger partial charge in [0.2, 0.25) is 5.91 Å². The number of fused-ring (bicyclic) bond motifs is 1. The maximum absolute atomic E-state index is 12.5. The molecule has 0 fully saturated rings. The molecule has 0 atom stereocenters. The van der Waals surface area contributed by atoms with Crippen molar-refractivity contribution in [1.82, 2.24) is 9.55 Å². The van der Waals surface area contributed by atoms with Crippen molar-refractivity contribution in [3.05, 3.63) is 56.8 Å². The molecule has 0 unspecified atom stereocenters. The van der Waals surface area contributed by atoms with Crippen molar-refractivity contribution in [1.29, 1.82) is 0 Å². The fraction of sp³-hybridized carbons (Fsp3) is 0.176. The van der Waals surface area contributed by atoms with Gasteiger partial charge >= 0.3 is 5.97 Å². The highest BCUT2D eigenvalue weighted by molar-refractivity contribution is 7.12. The summed E-state index contributed by atoms with van der Waals surface area (Å²) in [5.41, 5.74) is 1.59. The lowest BCUT2D eigenvalue weighted by molar-refractivity contribution is -0.116. The van der Waals surface area contributed by atoms with Gasteiger partial charge < -0.3 is 10.1 Å². The van der Waals surface area contributed by atoms with Crippen molar-refractivity contribution < 1.29 is 14.3 Å². The Morgan fingerprint density at radius 1 is 1.32 bits per heavy atom. The number of aromatic nitrogens is 2. The molecule has 0 spiro atoms. The average molecular weight is 357 g/mol. The van der Waals surface area contributed by atoms with Gasteiger partial charge in [0, 0.05) is 0 Å². The van der Waals surface area contributed by atoms with Crippen LogP contribution in [0.3, 0.4) is 0 Å². The fourth-order valence-electron chi connectivity index (χ4n) is 2.45. The molecule has 0 aliphatic carbocycles. The van der Waals surface area contributed by atoms with E-state index in [9.17, 15) is 14.4 Å². The highest BCUT2D eigenvalue weighted by Crippen LogP contribution is 2.23. The standard InChI is InChI=1S/C17H15N3O4S/c1-10-4-3-5-11-14(10)18-9-20(16(11)22)8-13(21)19-12-6-7-25-15(12)17(23)24-2/h3-7,9H,8H2,1-2H3,(H,19,21). The van der Waals surface area contributed by atoms with Crippen LogP contribution in [0.4, 0.5) is 5.69 Å². The minimum absolute atomic E-state index is 0.202. The molecule has 2 aromatic heterocycles. The molecule has 1 N–H and O–H groups in total. The Bertz CT molecular complexity index is 1020. The molecule has 0 saturated heterocycles. The topological polar surface area (TPSA) is 90.3 Å². The number of anilines is 1. The third-order valence-electron chi connectivity index (χ3n) is 3.68. The summed E-state index contributed by atoms with van der Waals surface area (Å²) in [6.45, 7) is 1.67. The van der Waals surface area contributed by atoms with E-state index >= 15 is 0 Å². The highest BCUT2D eigenvalue weighted by Gasteiger charge is 2.16. The van der Waals surface area contributed by atoms with Crippen molar-refractivity contribution in [2.75, 3.05) is 12.4 Å². The zero-order valence-electron chi connectivity index (χ0n) is 13.6. The number of hydrogen-bond donors (Lipinski definition) is 1.